The van der Waals surface area contributed by atoms with Crippen molar-refractivity contribution in [2.45, 2.75) is 45.7 Å². The fourth-order valence-corrected chi connectivity index (χ4v) is 4.54. The van der Waals surface area contributed by atoms with E-state index in [1.807, 2.05) is 0 Å². The van der Waals surface area contributed by atoms with E-state index in [9.17, 15) is 0 Å². The van der Waals surface area contributed by atoms with Crippen molar-refractivity contribution in [3.05, 3.63) is 90.2 Å². The molecule has 0 fully saturated rings. The van der Waals surface area contributed by atoms with Gasteiger partial charge in [0.1, 0.15) is 0 Å². The number of allylic oxidation sites excluding steroid dienone is 3. The summed E-state index contributed by atoms with van der Waals surface area (Å²) in [5.41, 5.74) is 1.31. The van der Waals surface area contributed by atoms with Crippen molar-refractivity contribution < 1.29 is 4.43 Å². The molecule has 0 atom stereocenters. The van der Waals surface area contributed by atoms with Crippen molar-refractivity contribution in [1.82, 2.24) is 0 Å². The third-order valence-electron chi connectivity index (χ3n) is 4.23. The van der Waals surface area contributed by atoms with Crippen LogP contribution < -0.4 is 5.19 Å². The highest BCUT2D eigenvalue weighted by Crippen LogP contribution is 2.15. The minimum absolute atomic E-state index is 0.896. The van der Waals surface area contributed by atoms with Crippen LogP contribution >= 0.6 is 0 Å². The summed E-state index contributed by atoms with van der Waals surface area (Å²) in [7, 11) is -1.97. The predicted octanol–water partition coefficient (Wildman–Crippen LogP) is 5.99. The standard InChI is InChI=1S/C23H30OSi/c1-4-5-6-11-16-22(20-19-21-14-9-7-10-15-21)24-25(2,3)23-17-12-8-13-18-23/h7-18,20H,4-6,19H2,1-3H3/b16-11+,22-20-. The van der Waals surface area contributed by atoms with Gasteiger partial charge in [-0.05, 0) is 48.8 Å². The van der Waals surface area contributed by atoms with Gasteiger partial charge in [-0.2, -0.15) is 0 Å². The maximum Gasteiger partial charge on any atom is 0.276 e. The zero-order valence-corrected chi connectivity index (χ0v) is 16.7. The first-order valence-corrected chi connectivity index (χ1v) is 12.2. The summed E-state index contributed by atoms with van der Waals surface area (Å²) in [5, 5.41) is 1.32. The van der Waals surface area contributed by atoms with E-state index in [2.05, 4.69) is 98.9 Å². The molecule has 0 saturated carbocycles. The summed E-state index contributed by atoms with van der Waals surface area (Å²) in [4.78, 5) is 0. The van der Waals surface area contributed by atoms with Crippen LogP contribution in [0.2, 0.25) is 13.1 Å². The van der Waals surface area contributed by atoms with E-state index in [0.717, 1.165) is 18.6 Å². The van der Waals surface area contributed by atoms with Gasteiger partial charge < -0.3 is 4.43 Å². The van der Waals surface area contributed by atoms with Gasteiger partial charge in [0, 0.05) is 0 Å². The topological polar surface area (TPSA) is 9.23 Å². The average Bonchev–Trinajstić information content (AvgIpc) is 2.64. The Morgan fingerprint density at radius 2 is 1.60 bits per heavy atom. The van der Waals surface area contributed by atoms with Gasteiger partial charge in [0.15, 0.2) is 0 Å². The predicted molar refractivity (Wildman–Crippen MR) is 112 cm³/mol. The van der Waals surface area contributed by atoms with Crippen LogP contribution in [-0.4, -0.2) is 8.32 Å². The maximum absolute atomic E-state index is 6.54. The molecule has 132 valence electrons. The highest BCUT2D eigenvalue weighted by Gasteiger charge is 2.27. The Labute approximate surface area is 154 Å². The molecule has 0 aliphatic carbocycles. The van der Waals surface area contributed by atoms with Gasteiger partial charge in [-0.25, -0.2) is 0 Å². The molecule has 25 heavy (non-hydrogen) atoms. The second kappa shape index (κ2) is 10.0. The fraction of sp³-hybridized carbons (Fsp3) is 0.304. The van der Waals surface area contributed by atoms with Gasteiger partial charge in [-0.15, -0.1) is 0 Å². The lowest BCUT2D eigenvalue weighted by Crippen LogP contribution is -2.44. The summed E-state index contributed by atoms with van der Waals surface area (Å²) in [6.45, 7) is 6.75. The zero-order valence-electron chi connectivity index (χ0n) is 15.7. The summed E-state index contributed by atoms with van der Waals surface area (Å²) < 4.78 is 6.54. The molecule has 0 unspecified atom stereocenters. The third kappa shape index (κ3) is 6.75. The number of rotatable bonds is 9. The number of unbranched alkanes of at least 4 members (excludes halogenated alkanes) is 2. The van der Waals surface area contributed by atoms with Crippen LogP contribution in [0.5, 0.6) is 0 Å². The van der Waals surface area contributed by atoms with Crippen molar-refractivity contribution in [2.75, 3.05) is 0 Å². The van der Waals surface area contributed by atoms with Gasteiger partial charge in [0.05, 0.1) is 5.76 Å². The van der Waals surface area contributed by atoms with Crippen LogP contribution in [0.3, 0.4) is 0 Å². The first-order valence-electron chi connectivity index (χ1n) is 9.27. The van der Waals surface area contributed by atoms with Crippen LogP contribution in [0.25, 0.3) is 0 Å². The van der Waals surface area contributed by atoms with Crippen LogP contribution in [0, 0.1) is 0 Å². The molecule has 2 heteroatoms. The Bertz CT molecular complexity index is 672. The Morgan fingerprint density at radius 3 is 2.24 bits per heavy atom. The van der Waals surface area contributed by atoms with Crippen LogP contribution in [0.15, 0.2) is 84.7 Å². The first kappa shape index (κ1) is 19.3. The second-order valence-electron chi connectivity index (χ2n) is 6.82. The van der Waals surface area contributed by atoms with Gasteiger partial charge in [0.2, 0.25) is 0 Å². The molecule has 0 aromatic heterocycles. The van der Waals surface area contributed by atoms with Crippen molar-refractivity contribution in [3.8, 4) is 0 Å². The summed E-state index contributed by atoms with van der Waals surface area (Å²) in [6, 6.07) is 21.2. The van der Waals surface area contributed by atoms with E-state index in [-0.39, 0.29) is 0 Å². The van der Waals surface area contributed by atoms with Gasteiger partial charge in [-0.1, -0.05) is 86.5 Å². The first-order chi connectivity index (χ1) is 12.1. The molecule has 2 aromatic carbocycles. The van der Waals surface area contributed by atoms with Crippen LogP contribution in [-0.2, 0) is 10.8 Å². The summed E-state index contributed by atoms with van der Waals surface area (Å²) in [6.07, 6.45) is 11.1. The highest BCUT2D eigenvalue weighted by atomic mass is 28.4. The van der Waals surface area contributed by atoms with E-state index in [1.54, 1.807) is 0 Å². The smallest absolute Gasteiger partial charge is 0.276 e. The molecule has 0 radical (unpaired) electrons. The Morgan fingerprint density at radius 1 is 0.960 bits per heavy atom. The zero-order chi connectivity index (χ0) is 18.0. The van der Waals surface area contributed by atoms with Crippen molar-refractivity contribution >= 4 is 13.5 Å². The molecular formula is C23H30OSi. The molecule has 0 spiro atoms. The lowest BCUT2D eigenvalue weighted by Gasteiger charge is -2.25. The minimum Gasteiger partial charge on any atom is -0.540 e. The van der Waals surface area contributed by atoms with Crippen molar-refractivity contribution in [2.24, 2.45) is 0 Å². The van der Waals surface area contributed by atoms with E-state index in [1.165, 1.54) is 23.6 Å². The molecule has 2 rings (SSSR count). The molecule has 0 saturated heterocycles. The van der Waals surface area contributed by atoms with Gasteiger partial charge in [-0.3, -0.25) is 0 Å². The van der Waals surface area contributed by atoms with Gasteiger partial charge in [0.25, 0.3) is 8.32 Å². The minimum atomic E-state index is -1.97. The van der Waals surface area contributed by atoms with E-state index >= 15 is 0 Å². The monoisotopic (exact) mass is 350 g/mol. The highest BCUT2D eigenvalue weighted by molar-refractivity contribution is 6.84. The Hall–Kier alpha value is -2.06. The largest absolute Gasteiger partial charge is 0.540 e. The number of benzene rings is 2. The Kier molecular flexibility index (Phi) is 7.74. The SMILES string of the molecule is CCCC/C=C/C(=C/Cc1ccccc1)O[Si](C)(C)c1ccccc1. The van der Waals surface area contributed by atoms with Crippen molar-refractivity contribution in [3.63, 3.8) is 0 Å². The average molecular weight is 351 g/mol. The van der Waals surface area contributed by atoms with E-state index in [4.69, 9.17) is 4.43 Å². The summed E-state index contributed by atoms with van der Waals surface area (Å²) in [5.74, 6) is 1.00. The van der Waals surface area contributed by atoms with Crippen LogP contribution in [0.4, 0.5) is 0 Å². The lowest BCUT2D eigenvalue weighted by molar-refractivity contribution is 0.444. The fourth-order valence-electron chi connectivity index (χ4n) is 2.69. The van der Waals surface area contributed by atoms with E-state index < -0.39 is 8.32 Å². The number of hydrogen-bond donors (Lipinski definition) is 0. The second-order valence-corrected chi connectivity index (χ2v) is 10.6. The molecule has 0 aliphatic heterocycles. The quantitative estimate of drug-likeness (QED) is 0.234. The lowest BCUT2D eigenvalue weighted by atomic mass is 10.1. The molecule has 0 heterocycles. The normalized spacial score (nSPS) is 12.5. The Balaban J connectivity index is 2.14. The van der Waals surface area contributed by atoms with Crippen molar-refractivity contribution in [1.29, 1.82) is 0 Å². The summed E-state index contributed by atoms with van der Waals surface area (Å²) >= 11 is 0. The van der Waals surface area contributed by atoms with E-state index in [0.29, 0.717) is 0 Å². The third-order valence-corrected chi connectivity index (χ3v) is 6.70. The molecular weight excluding hydrogens is 320 g/mol. The van der Waals surface area contributed by atoms with Gasteiger partial charge >= 0.3 is 0 Å². The number of hydrogen-bond acceptors (Lipinski definition) is 1. The molecule has 0 aliphatic rings. The van der Waals surface area contributed by atoms with Crippen LogP contribution in [0.1, 0.15) is 31.7 Å². The molecule has 0 N–H and O–H groups in total. The molecule has 0 amide bonds. The molecule has 2 aromatic rings. The molecule has 1 nitrogen and oxygen atoms in total. The maximum atomic E-state index is 6.54. The molecule has 0 bridgehead atoms.